The van der Waals surface area contributed by atoms with Crippen LogP contribution in [0.15, 0.2) is 29.3 Å². The highest BCUT2D eigenvalue weighted by molar-refractivity contribution is 14.0. The molecule has 0 aromatic heterocycles. The third kappa shape index (κ3) is 8.74. The van der Waals surface area contributed by atoms with Crippen molar-refractivity contribution in [2.45, 2.75) is 32.1 Å². The standard InChI is InChI=1S/C20H32N4O3.HI/c1-3-4-10-26-12-13-27-11-9-22-20(21-2)23-15-16-14-19(25)24-18-8-6-5-7-17(16)18;/h5-8,16H,3-4,9-15H2,1-2H3,(H,24,25)(H2,21,22,23);1H. The zero-order valence-electron chi connectivity index (χ0n) is 16.8. The van der Waals surface area contributed by atoms with Crippen LogP contribution in [-0.4, -0.2) is 58.4 Å². The average molecular weight is 504 g/mol. The first-order chi connectivity index (χ1) is 13.2. The second kappa shape index (κ2) is 14.6. The van der Waals surface area contributed by atoms with Gasteiger partial charge in [-0.05, 0) is 18.1 Å². The van der Waals surface area contributed by atoms with Crippen molar-refractivity contribution in [2.75, 3.05) is 51.9 Å². The van der Waals surface area contributed by atoms with Crippen LogP contribution < -0.4 is 16.0 Å². The summed E-state index contributed by atoms with van der Waals surface area (Å²) in [5.74, 6) is 0.893. The molecule has 0 spiro atoms. The molecule has 0 bridgehead atoms. The van der Waals surface area contributed by atoms with Gasteiger partial charge in [-0.1, -0.05) is 31.5 Å². The molecule has 0 saturated carbocycles. The molecule has 0 saturated heterocycles. The molecule has 1 aromatic carbocycles. The predicted octanol–water partition coefficient (Wildman–Crippen LogP) is 2.73. The number of hydrogen-bond donors (Lipinski definition) is 3. The van der Waals surface area contributed by atoms with Crippen LogP contribution in [0.25, 0.3) is 0 Å². The molecule has 1 aliphatic heterocycles. The fraction of sp³-hybridized carbons (Fsp3) is 0.600. The van der Waals surface area contributed by atoms with E-state index in [1.54, 1.807) is 7.05 Å². The Balaban J connectivity index is 0.00000392. The monoisotopic (exact) mass is 504 g/mol. The van der Waals surface area contributed by atoms with Crippen LogP contribution in [0.4, 0.5) is 5.69 Å². The van der Waals surface area contributed by atoms with Gasteiger partial charge in [0.25, 0.3) is 0 Å². The second-order valence-corrected chi connectivity index (χ2v) is 6.49. The van der Waals surface area contributed by atoms with Crippen molar-refractivity contribution in [3.8, 4) is 0 Å². The minimum Gasteiger partial charge on any atom is -0.379 e. The van der Waals surface area contributed by atoms with Gasteiger partial charge in [0.2, 0.25) is 5.91 Å². The number of fused-ring (bicyclic) bond motifs is 1. The number of guanidine groups is 1. The smallest absolute Gasteiger partial charge is 0.225 e. The van der Waals surface area contributed by atoms with Gasteiger partial charge in [0.15, 0.2) is 5.96 Å². The van der Waals surface area contributed by atoms with Crippen molar-refractivity contribution in [1.29, 1.82) is 0 Å². The third-order valence-electron chi connectivity index (χ3n) is 4.40. The Hall–Kier alpha value is -1.39. The number of halogens is 1. The van der Waals surface area contributed by atoms with Gasteiger partial charge in [-0.25, -0.2) is 0 Å². The van der Waals surface area contributed by atoms with E-state index in [-0.39, 0.29) is 35.8 Å². The molecule has 3 N–H and O–H groups in total. The Morgan fingerprint density at radius 2 is 1.93 bits per heavy atom. The number of amides is 1. The number of rotatable bonds is 11. The quantitative estimate of drug-likeness (QED) is 0.187. The molecule has 1 aliphatic rings. The fourth-order valence-corrected chi connectivity index (χ4v) is 2.93. The van der Waals surface area contributed by atoms with Crippen LogP contribution >= 0.6 is 24.0 Å². The van der Waals surface area contributed by atoms with Gasteiger partial charge in [0, 0.05) is 44.8 Å². The molecule has 1 atom stereocenters. The fourth-order valence-electron chi connectivity index (χ4n) is 2.93. The molecule has 1 unspecified atom stereocenters. The SMILES string of the molecule is CCCCOCCOCCNC(=NC)NCC1CC(=O)Nc2ccccc21.I. The first kappa shape index (κ1) is 24.6. The Morgan fingerprint density at radius 1 is 1.18 bits per heavy atom. The Morgan fingerprint density at radius 3 is 2.68 bits per heavy atom. The molecule has 28 heavy (non-hydrogen) atoms. The van der Waals surface area contributed by atoms with Crippen molar-refractivity contribution in [1.82, 2.24) is 10.6 Å². The van der Waals surface area contributed by atoms with Gasteiger partial charge in [-0.15, -0.1) is 24.0 Å². The van der Waals surface area contributed by atoms with E-state index in [0.717, 1.165) is 30.7 Å². The zero-order valence-corrected chi connectivity index (χ0v) is 19.2. The maximum Gasteiger partial charge on any atom is 0.225 e. The molecule has 158 valence electrons. The van der Waals surface area contributed by atoms with E-state index in [2.05, 4.69) is 33.9 Å². The molecule has 7 nitrogen and oxygen atoms in total. The summed E-state index contributed by atoms with van der Waals surface area (Å²) in [4.78, 5) is 16.1. The number of benzene rings is 1. The van der Waals surface area contributed by atoms with Crippen LogP contribution in [0.1, 0.15) is 37.7 Å². The number of carbonyl (C=O) groups is 1. The Labute approximate surface area is 185 Å². The summed E-state index contributed by atoms with van der Waals surface area (Å²) < 4.78 is 11.0. The normalized spacial score (nSPS) is 16.0. The van der Waals surface area contributed by atoms with E-state index in [4.69, 9.17) is 9.47 Å². The van der Waals surface area contributed by atoms with E-state index in [0.29, 0.717) is 45.3 Å². The topological polar surface area (TPSA) is 84.0 Å². The van der Waals surface area contributed by atoms with Crippen LogP contribution in [0.2, 0.25) is 0 Å². The number of unbranched alkanes of at least 4 members (excludes halogenated alkanes) is 1. The lowest BCUT2D eigenvalue weighted by molar-refractivity contribution is -0.116. The predicted molar refractivity (Wildman–Crippen MR) is 124 cm³/mol. The number of hydrogen-bond acceptors (Lipinski definition) is 4. The number of ether oxygens (including phenoxy) is 2. The van der Waals surface area contributed by atoms with Gasteiger partial charge in [-0.3, -0.25) is 9.79 Å². The van der Waals surface area contributed by atoms with Crippen LogP contribution in [0.3, 0.4) is 0 Å². The molecule has 0 aliphatic carbocycles. The molecular weight excluding hydrogens is 471 g/mol. The molecule has 2 rings (SSSR count). The molecular formula is C20H33IN4O3. The van der Waals surface area contributed by atoms with Gasteiger partial charge in [0.05, 0.1) is 19.8 Å². The number of nitrogens with one attached hydrogen (secondary N) is 3. The lowest BCUT2D eigenvalue weighted by Crippen LogP contribution is -2.41. The average Bonchev–Trinajstić information content (AvgIpc) is 2.68. The van der Waals surface area contributed by atoms with Crippen LogP contribution in [0, 0.1) is 0 Å². The number of anilines is 1. The number of para-hydroxylation sites is 1. The van der Waals surface area contributed by atoms with Gasteiger partial charge in [-0.2, -0.15) is 0 Å². The zero-order chi connectivity index (χ0) is 19.3. The van der Waals surface area contributed by atoms with Crippen LogP contribution in [0.5, 0.6) is 0 Å². The van der Waals surface area contributed by atoms with Crippen LogP contribution in [-0.2, 0) is 14.3 Å². The molecule has 1 aromatic rings. The molecule has 0 radical (unpaired) electrons. The van der Waals surface area contributed by atoms with E-state index in [9.17, 15) is 4.79 Å². The number of aliphatic imine (C=N–C) groups is 1. The van der Waals surface area contributed by atoms with Crippen molar-refractivity contribution in [3.05, 3.63) is 29.8 Å². The van der Waals surface area contributed by atoms with Gasteiger partial charge in [0.1, 0.15) is 0 Å². The third-order valence-corrected chi connectivity index (χ3v) is 4.40. The summed E-state index contributed by atoms with van der Waals surface area (Å²) in [6.45, 7) is 6.09. The van der Waals surface area contributed by atoms with Gasteiger partial charge < -0.3 is 25.4 Å². The lowest BCUT2D eigenvalue weighted by atomic mass is 9.90. The summed E-state index contributed by atoms with van der Waals surface area (Å²) >= 11 is 0. The summed E-state index contributed by atoms with van der Waals surface area (Å²) in [5, 5.41) is 9.45. The van der Waals surface area contributed by atoms with E-state index in [1.807, 2.05) is 18.2 Å². The highest BCUT2D eigenvalue weighted by Crippen LogP contribution is 2.31. The maximum absolute atomic E-state index is 11.9. The summed E-state index contributed by atoms with van der Waals surface area (Å²) in [6.07, 6.45) is 2.72. The Bertz CT molecular complexity index is 613. The first-order valence-electron chi connectivity index (χ1n) is 9.73. The van der Waals surface area contributed by atoms with Crippen molar-refractivity contribution >= 4 is 41.5 Å². The molecule has 0 fully saturated rings. The minimum absolute atomic E-state index is 0. The summed E-state index contributed by atoms with van der Waals surface area (Å²) in [5.41, 5.74) is 2.06. The van der Waals surface area contributed by atoms with E-state index >= 15 is 0 Å². The highest BCUT2D eigenvalue weighted by atomic mass is 127. The summed E-state index contributed by atoms with van der Waals surface area (Å²) in [7, 11) is 1.74. The van der Waals surface area contributed by atoms with E-state index < -0.39 is 0 Å². The van der Waals surface area contributed by atoms with Crippen molar-refractivity contribution in [3.63, 3.8) is 0 Å². The largest absolute Gasteiger partial charge is 0.379 e. The summed E-state index contributed by atoms with van der Waals surface area (Å²) in [6, 6.07) is 7.94. The Kier molecular flexibility index (Phi) is 12.8. The molecule has 1 amide bonds. The van der Waals surface area contributed by atoms with E-state index in [1.165, 1.54) is 0 Å². The molecule has 1 heterocycles. The van der Waals surface area contributed by atoms with Crippen molar-refractivity contribution < 1.29 is 14.3 Å². The van der Waals surface area contributed by atoms with Gasteiger partial charge >= 0.3 is 0 Å². The second-order valence-electron chi connectivity index (χ2n) is 6.49. The first-order valence-corrected chi connectivity index (χ1v) is 9.73. The minimum atomic E-state index is 0. The number of nitrogens with zero attached hydrogens (tertiary/aromatic N) is 1. The highest BCUT2D eigenvalue weighted by Gasteiger charge is 2.24. The molecule has 8 heteroatoms. The van der Waals surface area contributed by atoms with Crippen molar-refractivity contribution in [2.24, 2.45) is 4.99 Å². The number of carbonyl (C=O) groups excluding carboxylic acids is 1. The maximum atomic E-state index is 11.9. The lowest BCUT2D eigenvalue weighted by Gasteiger charge is -2.26.